The second-order valence-electron chi connectivity index (χ2n) is 4.44. The van der Waals surface area contributed by atoms with Gasteiger partial charge in [0, 0.05) is 18.3 Å². The van der Waals surface area contributed by atoms with Crippen molar-refractivity contribution in [3.05, 3.63) is 23.8 Å². The van der Waals surface area contributed by atoms with Gasteiger partial charge in [-0.15, -0.1) is 0 Å². The van der Waals surface area contributed by atoms with Crippen LogP contribution in [0.1, 0.15) is 19.4 Å². The van der Waals surface area contributed by atoms with Crippen LogP contribution in [0, 0.1) is 17.2 Å². The van der Waals surface area contributed by atoms with Crippen molar-refractivity contribution in [1.82, 2.24) is 4.72 Å². The Bertz CT molecular complexity index is 593. The lowest BCUT2D eigenvalue weighted by Gasteiger charge is -2.19. The Morgan fingerprint density at radius 3 is 2.63 bits per heavy atom. The fraction of sp³-hybridized carbons (Fsp3) is 0.417. The lowest BCUT2D eigenvalue weighted by molar-refractivity contribution is 0.216. The molecular formula is C12H17N3O3S. The summed E-state index contributed by atoms with van der Waals surface area (Å²) in [5.74, 6) is -0.228. The standard InChI is InChI=1S/C12H17N3O3S/c1-8(7-16)9(2)15-19(17,18)12-4-3-11(14)5-10(12)6-13/h3-5,8-9,15-16H,7,14H2,1-2H3. The Labute approximate surface area is 112 Å². The van der Waals surface area contributed by atoms with E-state index in [1.807, 2.05) is 6.07 Å². The molecule has 0 aliphatic heterocycles. The lowest BCUT2D eigenvalue weighted by atomic mass is 10.1. The largest absolute Gasteiger partial charge is 0.399 e. The molecule has 0 aromatic heterocycles. The number of nitriles is 1. The lowest BCUT2D eigenvalue weighted by Crippen LogP contribution is -2.38. The number of aliphatic hydroxyl groups excluding tert-OH is 1. The zero-order chi connectivity index (χ0) is 14.6. The van der Waals surface area contributed by atoms with Gasteiger partial charge in [-0.25, -0.2) is 13.1 Å². The molecule has 0 bridgehead atoms. The van der Waals surface area contributed by atoms with Crippen molar-refractivity contribution >= 4 is 15.7 Å². The molecule has 1 aromatic carbocycles. The summed E-state index contributed by atoms with van der Waals surface area (Å²) in [6, 6.07) is 5.40. The summed E-state index contributed by atoms with van der Waals surface area (Å²) in [6.45, 7) is 3.25. The Kier molecular flexibility index (Phi) is 4.89. The van der Waals surface area contributed by atoms with E-state index < -0.39 is 16.1 Å². The van der Waals surface area contributed by atoms with Crippen LogP contribution in [0.3, 0.4) is 0 Å². The van der Waals surface area contributed by atoms with Crippen LogP contribution >= 0.6 is 0 Å². The van der Waals surface area contributed by atoms with Crippen LogP contribution in [0.15, 0.2) is 23.1 Å². The summed E-state index contributed by atoms with van der Waals surface area (Å²) in [5, 5.41) is 18.0. The van der Waals surface area contributed by atoms with Crippen molar-refractivity contribution in [3.63, 3.8) is 0 Å². The predicted molar refractivity (Wildman–Crippen MR) is 71.6 cm³/mol. The minimum Gasteiger partial charge on any atom is -0.399 e. The van der Waals surface area contributed by atoms with Crippen molar-refractivity contribution in [2.75, 3.05) is 12.3 Å². The van der Waals surface area contributed by atoms with E-state index in [2.05, 4.69) is 4.72 Å². The number of rotatable bonds is 5. The molecule has 0 aliphatic carbocycles. The fourth-order valence-corrected chi connectivity index (χ4v) is 2.94. The number of nitrogen functional groups attached to an aromatic ring is 1. The van der Waals surface area contributed by atoms with Crippen LogP contribution in [0.2, 0.25) is 0 Å². The van der Waals surface area contributed by atoms with E-state index >= 15 is 0 Å². The van der Waals surface area contributed by atoms with Crippen LogP contribution in [-0.2, 0) is 10.0 Å². The normalized spacial score (nSPS) is 14.6. The number of hydrogen-bond donors (Lipinski definition) is 3. The molecule has 1 aromatic rings. The topological polar surface area (TPSA) is 116 Å². The second-order valence-corrected chi connectivity index (χ2v) is 6.12. The maximum absolute atomic E-state index is 12.2. The van der Waals surface area contributed by atoms with Crippen molar-refractivity contribution in [1.29, 1.82) is 5.26 Å². The predicted octanol–water partition coefficient (Wildman–Crippen LogP) is 0.436. The molecule has 7 heteroatoms. The van der Waals surface area contributed by atoms with E-state index in [4.69, 9.17) is 16.1 Å². The van der Waals surface area contributed by atoms with Crippen LogP contribution in [0.4, 0.5) is 5.69 Å². The third kappa shape index (κ3) is 3.67. The third-order valence-corrected chi connectivity index (χ3v) is 4.51. The fourth-order valence-electron chi connectivity index (χ4n) is 1.45. The van der Waals surface area contributed by atoms with Crippen LogP contribution < -0.4 is 10.5 Å². The minimum atomic E-state index is -3.81. The van der Waals surface area contributed by atoms with Gasteiger partial charge in [-0.3, -0.25) is 0 Å². The number of nitrogens with one attached hydrogen (secondary N) is 1. The number of hydrogen-bond acceptors (Lipinski definition) is 5. The monoisotopic (exact) mass is 283 g/mol. The van der Waals surface area contributed by atoms with E-state index in [1.165, 1.54) is 18.2 Å². The van der Waals surface area contributed by atoms with Crippen LogP contribution in [0.25, 0.3) is 0 Å². The average molecular weight is 283 g/mol. The number of sulfonamides is 1. The number of nitrogens with two attached hydrogens (primary N) is 1. The van der Waals surface area contributed by atoms with Gasteiger partial charge in [-0.1, -0.05) is 6.92 Å². The molecule has 0 saturated carbocycles. The Morgan fingerprint density at radius 2 is 2.11 bits per heavy atom. The maximum atomic E-state index is 12.2. The Hall–Kier alpha value is -1.62. The van der Waals surface area contributed by atoms with E-state index in [9.17, 15) is 8.42 Å². The van der Waals surface area contributed by atoms with Gasteiger partial charge in [0.05, 0.1) is 10.5 Å². The molecule has 6 nitrogen and oxygen atoms in total. The molecule has 2 unspecified atom stereocenters. The molecule has 0 spiro atoms. The second kappa shape index (κ2) is 6.02. The summed E-state index contributed by atoms with van der Waals surface area (Å²) in [4.78, 5) is -0.110. The van der Waals surface area contributed by atoms with E-state index in [0.717, 1.165) is 0 Å². The molecule has 1 rings (SSSR count). The molecule has 0 aliphatic rings. The zero-order valence-corrected chi connectivity index (χ0v) is 11.6. The highest BCUT2D eigenvalue weighted by Crippen LogP contribution is 2.19. The molecule has 19 heavy (non-hydrogen) atoms. The number of nitrogens with zero attached hydrogens (tertiary/aromatic N) is 1. The van der Waals surface area contributed by atoms with Gasteiger partial charge in [0.25, 0.3) is 0 Å². The van der Waals surface area contributed by atoms with Gasteiger partial charge < -0.3 is 10.8 Å². The highest BCUT2D eigenvalue weighted by atomic mass is 32.2. The highest BCUT2D eigenvalue weighted by Gasteiger charge is 2.23. The minimum absolute atomic E-state index is 0.00338. The maximum Gasteiger partial charge on any atom is 0.242 e. The smallest absolute Gasteiger partial charge is 0.242 e. The first kappa shape index (κ1) is 15.4. The zero-order valence-electron chi connectivity index (χ0n) is 10.8. The first-order valence-electron chi connectivity index (χ1n) is 5.74. The van der Waals surface area contributed by atoms with Crippen molar-refractivity contribution in [2.24, 2.45) is 5.92 Å². The van der Waals surface area contributed by atoms with E-state index in [-0.39, 0.29) is 23.0 Å². The van der Waals surface area contributed by atoms with Crippen molar-refractivity contribution in [2.45, 2.75) is 24.8 Å². The molecule has 2 atom stereocenters. The van der Waals surface area contributed by atoms with Gasteiger partial charge in [0.2, 0.25) is 10.0 Å². The van der Waals surface area contributed by atoms with E-state index in [1.54, 1.807) is 13.8 Å². The van der Waals surface area contributed by atoms with Gasteiger partial charge in [-0.2, -0.15) is 5.26 Å². The molecule has 0 fully saturated rings. The molecule has 0 heterocycles. The van der Waals surface area contributed by atoms with Crippen molar-refractivity contribution in [3.8, 4) is 6.07 Å². The molecule has 0 saturated heterocycles. The molecule has 0 radical (unpaired) electrons. The van der Waals surface area contributed by atoms with Crippen molar-refractivity contribution < 1.29 is 13.5 Å². The number of anilines is 1. The van der Waals surface area contributed by atoms with Gasteiger partial charge in [0.15, 0.2) is 0 Å². The Balaban J connectivity index is 3.12. The Morgan fingerprint density at radius 1 is 1.47 bits per heavy atom. The summed E-state index contributed by atoms with van der Waals surface area (Å²) >= 11 is 0. The average Bonchev–Trinajstić information content (AvgIpc) is 2.36. The molecule has 0 amide bonds. The summed E-state index contributed by atoms with van der Waals surface area (Å²) < 4.78 is 26.8. The molecular weight excluding hydrogens is 266 g/mol. The van der Waals surface area contributed by atoms with Gasteiger partial charge >= 0.3 is 0 Å². The first-order valence-corrected chi connectivity index (χ1v) is 7.23. The van der Waals surface area contributed by atoms with Gasteiger partial charge in [-0.05, 0) is 31.0 Å². The molecule has 4 N–H and O–H groups in total. The van der Waals surface area contributed by atoms with E-state index in [0.29, 0.717) is 5.69 Å². The quantitative estimate of drug-likeness (QED) is 0.678. The third-order valence-electron chi connectivity index (χ3n) is 2.90. The first-order chi connectivity index (χ1) is 8.81. The number of benzene rings is 1. The SMILES string of the molecule is CC(CO)C(C)NS(=O)(=O)c1ccc(N)cc1C#N. The summed E-state index contributed by atoms with van der Waals surface area (Å²) in [5.41, 5.74) is 5.84. The van der Waals surface area contributed by atoms with Crippen LogP contribution in [-0.4, -0.2) is 26.2 Å². The number of aliphatic hydroxyl groups is 1. The summed E-state index contributed by atoms with van der Waals surface area (Å²) in [6.07, 6.45) is 0. The van der Waals surface area contributed by atoms with Gasteiger partial charge in [0.1, 0.15) is 6.07 Å². The summed E-state index contributed by atoms with van der Waals surface area (Å²) in [7, 11) is -3.81. The highest BCUT2D eigenvalue weighted by molar-refractivity contribution is 7.89. The molecule has 104 valence electrons. The van der Waals surface area contributed by atoms with Crippen LogP contribution in [0.5, 0.6) is 0 Å².